The van der Waals surface area contributed by atoms with E-state index in [0.29, 0.717) is 27.7 Å². The second-order valence-corrected chi connectivity index (χ2v) is 6.83. The molecule has 3 nitrogen and oxygen atoms in total. The first-order valence-corrected chi connectivity index (χ1v) is 9.16. The number of hydrogen-bond acceptors (Lipinski definition) is 3. The van der Waals surface area contributed by atoms with E-state index in [2.05, 4.69) is 0 Å². The molecule has 0 saturated carbocycles. The molecule has 0 aliphatic rings. The first kappa shape index (κ1) is 20.6. The van der Waals surface area contributed by atoms with Crippen LogP contribution in [0.15, 0.2) is 36.4 Å². The molecular formula is C19H23F3O3Si. The molecule has 142 valence electrons. The van der Waals surface area contributed by atoms with Crippen molar-refractivity contribution in [3.63, 3.8) is 0 Å². The van der Waals surface area contributed by atoms with Crippen molar-refractivity contribution >= 4 is 10.5 Å². The molecule has 0 atom stereocenters. The summed E-state index contributed by atoms with van der Waals surface area (Å²) in [5, 5.41) is 0. The number of rotatable bonds is 7. The average Bonchev–Trinajstić information content (AvgIpc) is 2.57. The third-order valence-electron chi connectivity index (χ3n) is 3.61. The topological polar surface area (TPSA) is 27.7 Å². The maximum Gasteiger partial charge on any atom is 0.302 e. The molecule has 0 spiro atoms. The molecule has 2 aromatic carbocycles. The zero-order valence-corrected chi connectivity index (χ0v) is 17.5. The van der Waals surface area contributed by atoms with Crippen LogP contribution in [0, 0.1) is 17.5 Å². The van der Waals surface area contributed by atoms with Crippen molar-refractivity contribution in [2.24, 2.45) is 0 Å². The standard InChI is InChI=1S/C19H23F3O3Si/c1-11(2)23-19(25-26,24-12(3)4)14-7-5-13(6-8-14)15-9-17(21)18(22)10-16(15)20/h5-12H,1-4,26H3. The van der Waals surface area contributed by atoms with E-state index < -0.39 is 23.4 Å². The van der Waals surface area contributed by atoms with Gasteiger partial charge in [-0.25, -0.2) is 13.2 Å². The average molecular weight is 384 g/mol. The summed E-state index contributed by atoms with van der Waals surface area (Å²) in [7, 11) is 0.361. The van der Waals surface area contributed by atoms with Crippen LogP contribution in [0.4, 0.5) is 13.2 Å². The fourth-order valence-corrected chi connectivity index (χ4v) is 3.02. The number of ether oxygens (including phenoxy) is 2. The van der Waals surface area contributed by atoms with Crippen LogP contribution in [0.5, 0.6) is 0 Å². The molecule has 0 aromatic heterocycles. The summed E-state index contributed by atoms with van der Waals surface area (Å²) in [5.74, 6) is -4.52. The van der Waals surface area contributed by atoms with Crippen LogP contribution in [0.3, 0.4) is 0 Å². The molecule has 0 amide bonds. The molecule has 0 fully saturated rings. The molecule has 0 aliphatic carbocycles. The smallest absolute Gasteiger partial charge is 0.302 e. The summed E-state index contributed by atoms with van der Waals surface area (Å²) >= 11 is 0. The lowest BCUT2D eigenvalue weighted by Gasteiger charge is -2.36. The largest absolute Gasteiger partial charge is 0.376 e. The van der Waals surface area contributed by atoms with Crippen molar-refractivity contribution in [1.82, 2.24) is 0 Å². The maximum absolute atomic E-state index is 14.0. The van der Waals surface area contributed by atoms with Gasteiger partial charge < -0.3 is 13.9 Å². The number of halogens is 3. The van der Waals surface area contributed by atoms with Crippen molar-refractivity contribution in [2.45, 2.75) is 45.9 Å². The summed E-state index contributed by atoms with van der Waals surface area (Å²) < 4.78 is 58.0. The molecule has 0 aliphatic heterocycles. The highest BCUT2D eigenvalue weighted by molar-refractivity contribution is 5.98. The Kier molecular flexibility index (Phi) is 6.62. The zero-order valence-electron chi connectivity index (χ0n) is 15.5. The van der Waals surface area contributed by atoms with Crippen molar-refractivity contribution in [3.05, 3.63) is 59.4 Å². The first-order valence-electron chi connectivity index (χ1n) is 8.34. The van der Waals surface area contributed by atoms with Crippen molar-refractivity contribution in [3.8, 4) is 11.1 Å². The molecule has 2 rings (SSSR count). The first-order chi connectivity index (χ1) is 12.2. The molecular weight excluding hydrogens is 361 g/mol. The van der Waals surface area contributed by atoms with Gasteiger partial charge >= 0.3 is 5.97 Å². The van der Waals surface area contributed by atoms with Gasteiger partial charge in [-0.2, -0.15) is 0 Å². The predicted molar refractivity (Wildman–Crippen MR) is 96.9 cm³/mol. The van der Waals surface area contributed by atoms with E-state index in [4.69, 9.17) is 13.9 Å². The Hall–Kier alpha value is -1.67. The van der Waals surface area contributed by atoms with Gasteiger partial charge in [0, 0.05) is 17.2 Å². The molecule has 2 aromatic rings. The lowest BCUT2D eigenvalue weighted by molar-refractivity contribution is -0.378. The molecule has 0 N–H and O–H groups in total. The van der Waals surface area contributed by atoms with Crippen molar-refractivity contribution in [1.29, 1.82) is 0 Å². The summed E-state index contributed by atoms with van der Waals surface area (Å²) in [4.78, 5) is 0. The van der Waals surface area contributed by atoms with Crippen LogP contribution in [0.2, 0.25) is 0 Å². The minimum absolute atomic E-state index is 0.0256. The highest BCUT2D eigenvalue weighted by Crippen LogP contribution is 2.33. The van der Waals surface area contributed by atoms with Crippen LogP contribution < -0.4 is 0 Å². The number of benzene rings is 2. The van der Waals surface area contributed by atoms with E-state index in [0.717, 1.165) is 6.07 Å². The molecule has 0 heterocycles. The van der Waals surface area contributed by atoms with Crippen LogP contribution in [-0.4, -0.2) is 22.7 Å². The Morgan fingerprint density at radius 3 is 1.77 bits per heavy atom. The van der Waals surface area contributed by atoms with E-state index in [-0.39, 0.29) is 17.8 Å². The van der Waals surface area contributed by atoms with E-state index in [9.17, 15) is 13.2 Å². The van der Waals surface area contributed by atoms with Crippen LogP contribution in [0.1, 0.15) is 33.3 Å². The fraction of sp³-hybridized carbons (Fsp3) is 0.368. The van der Waals surface area contributed by atoms with Gasteiger partial charge in [-0.1, -0.05) is 24.3 Å². The molecule has 7 heteroatoms. The lowest BCUT2D eigenvalue weighted by Crippen LogP contribution is -2.40. The lowest BCUT2D eigenvalue weighted by atomic mass is 10.0. The minimum atomic E-state index is -1.36. The van der Waals surface area contributed by atoms with Gasteiger partial charge in [0.05, 0.1) is 12.2 Å². The van der Waals surface area contributed by atoms with Gasteiger partial charge in [-0.3, -0.25) is 0 Å². The molecule has 0 saturated heterocycles. The Labute approximate surface area is 154 Å². The summed E-state index contributed by atoms with van der Waals surface area (Å²) in [5.41, 5.74) is 0.977. The Balaban J connectivity index is 2.44. The molecule has 0 bridgehead atoms. The van der Waals surface area contributed by atoms with Crippen LogP contribution in [0.25, 0.3) is 11.1 Å². The Morgan fingerprint density at radius 1 is 0.808 bits per heavy atom. The summed E-state index contributed by atoms with van der Waals surface area (Å²) in [6.45, 7) is 7.46. The third kappa shape index (κ3) is 4.53. The van der Waals surface area contributed by atoms with Crippen LogP contribution >= 0.6 is 0 Å². The zero-order chi connectivity index (χ0) is 19.5. The van der Waals surface area contributed by atoms with Gasteiger partial charge in [-0.05, 0) is 39.3 Å². The highest BCUT2D eigenvalue weighted by atomic mass is 28.2. The van der Waals surface area contributed by atoms with E-state index in [1.165, 1.54) is 0 Å². The molecule has 0 unspecified atom stereocenters. The summed E-state index contributed by atoms with van der Waals surface area (Å²) in [6.07, 6.45) is -0.322. The normalized spacial score (nSPS) is 12.3. The van der Waals surface area contributed by atoms with Gasteiger partial charge in [0.25, 0.3) is 0 Å². The van der Waals surface area contributed by atoms with E-state index in [1.54, 1.807) is 24.3 Å². The van der Waals surface area contributed by atoms with Crippen molar-refractivity contribution in [2.75, 3.05) is 0 Å². The maximum atomic E-state index is 14.0. The fourth-order valence-electron chi connectivity index (χ4n) is 2.60. The van der Waals surface area contributed by atoms with Gasteiger partial charge in [-0.15, -0.1) is 0 Å². The second kappa shape index (κ2) is 8.35. The SMILES string of the molecule is CC(C)OC(O[SiH3])(OC(C)C)c1ccc(-c2cc(F)c(F)cc2F)cc1. The third-order valence-corrected chi connectivity index (χ3v) is 4.15. The number of hydrogen-bond donors (Lipinski definition) is 0. The van der Waals surface area contributed by atoms with Crippen LogP contribution in [-0.2, 0) is 19.9 Å². The Bertz CT molecular complexity index is 738. The molecule has 26 heavy (non-hydrogen) atoms. The second-order valence-electron chi connectivity index (χ2n) is 6.42. The van der Waals surface area contributed by atoms with E-state index in [1.807, 2.05) is 27.7 Å². The van der Waals surface area contributed by atoms with Gasteiger partial charge in [0.2, 0.25) is 0 Å². The highest BCUT2D eigenvalue weighted by Gasteiger charge is 2.36. The van der Waals surface area contributed by atoms with Gasteiger partial charge in [0.1, 0.15) is 5.82 Å². The van der Waals surface area contributed by atoms with Gasteiger partial charge in [0.15, 0.2) is 22.1 Å². The quantitative estimate of drug-likeness (QED) is 0.410. The monoisotopic (exact) mass is 384 g/mol. The Morgan fingerprint density at radius 2 is 1.31 bits per heavy atom. The minimum Gasteiger partial charge on any atom is -0.376 e. The predicted octanol–water partition coefficient (Wildman–Crippen LogP) is 4.03. The van der Waals surface area contributed by atoms with Crippen molar-refractivity contribution < 1.29 is 27.1 Å². The summed E-state index contributed by atoms with van der Waals surface area (Å²) in [6, 6.07) is 7.89. The van der Waals surface area contributed by atoms with E-state index >= 15 is 0 Å². The molecule has 0 radical (unpaired) electrons.